The van der Waals surface area contributed by atoms with E-state index in [-0.39, 0.29) is 23.7 Å². The summed E-state index contributed by atoms with van der Waals surface area (Å²) < 4.78 is 5.34. The van der Waals surface area contributed by atoms with Gasteiger partial charge in [0.25, 0.3) is 0 Å². The number of phenolic OH excluding ortho intramolecular Hbond substituents is 1. The molecule has 86 valence electrons. The minimum Gasteiger partial charge on any atom is -0.508 e. The van der Waals surface area contributed by atoms with Crippen molar-refractivity contribution in [3.63, 3.8) is 0 Å². The summed E-state index contributed by atoms with van der Waals surface area (Å²) in [7, 11) is 0. The van der Waals surface area contributed by atoms with Gasteiger partial charge in [-0.3, -0.25) is 4.79 Å². The van der Waals surface area contributed by atoms with E-state index >= 15 is 0 Å². The van der Waals surface area contributed by atoms with Crippen molar-refractivity contribution >= 4 is 11.6 Å². The number of phenols is 1. The number of ether oxygens (including phenoxy) is 1. The van der Waals surface area contributed by atoms with E-state index in [1.54, 1.807) is 24.3 Å². The largest absolute Gasteiger partial charge is 0.508 e. The van der Waals surface area contributed by atoms with E-state index in [1.165, 1.54) is 0 Å². The maximum atomic E-state index is 11.9. The van der Waals surface area contributed by atoms with Crippen molar-refractivity contribution in [1.29, 1.82) is 0 Å². The molecule has 1 aliphatic heterocycles. The van der Waals surface area contributed by atoms with Gasteiger partial charge in [-0.1, -0.05) is 0 Å². The molecule has 0 saturated carbocycles. The van der Waals surface area contributed by atoms with Gasteiger partial charge in [0.2, 0.25) is 5.91 Å². The van der Waals surface area contributed by atoms with Crippen LogP contribution in [-0.4, -0.2) is 23.7 Å². The van der Waals surface area contributed by atoms with Crippen LogP contribution < -0.4 is 5.32 Å². The van der Waals surface area contributed by atoms with Gasteiger partial charge in [0.1, 0.15) is 5.75 Å². The van der Waals surface area contributed by atoms with Crippen LogP contribution in [0.1, 0.15) is 13.3 Å². The Bertz CT molecular complexity index is 374. The molecule has 4 heteroatoms. The van der Waals surface area contributed by atoms with Crippen LogP contribution >= 0.6 is 0 Å². The van der Waals surface area contributed by atoms with Crippen molar-refractivity contribution in [2.75, 3.05) is 11.9 Å². The van der Waals surface area contributed by atoms with Crippen LogP contribution in [0.25, 0.3) is 0 Å². The van der Waals surface area contributed by atoms with Crippen LogP contribution in [0.3, 0.4) is 0 Å². The Labute approximate surface area is 94.2 Å². The zero-order valence-corrected chi connectivity index (χ0v) is 9.14. The molecule has 0 aromatic heterocycles. The van der Waals surface area contributed by atoms with Gasteiger partial charge in [0.15, 0.2) is 0 Å². The molecule has 1 amide bonds. The van der Waals surface area contributed by atoms with Crippen molar-refractivity contribution < 1.29 is 14.6 Å². The number of carbonyl (C=O) groups is 1. The molecular weight excluding hydrogens is 206 g/mol. The summed E-state index contributed by atoms with van der Waals surface area (Å²) >= 11 is 0. The SMILES string of the molecule is CC1OCCC1C(=O)Nc1ccc(O)cc1. The highest BCUT2D eigenvalue weighted by molar-refractivity contribution is 5.93. The van der Waals surface area contributed by atoms with E-state index in [2.05, 4.69) is 5.32 Å². The molecule has 1 saturated heterocycles. The predicted molar refractivity (Wildman–Crippen MR) is 60.3 cm³/mol. The molecule has 2 atom stereocenters. The number of anilines is 1. The van der Waals surface area contributed by atoms with Gasteiger partial charge in [0, 0.05) is 12.3 Å². The summed E-state index contributed by atoms with van der Waals surface area (Å²) in [6.07, 6.45) is 0.752. The average Bonchev–Trinajstić information content (AvgIpc) is 2.68. The Morgan fingerprint density at radius 1 is 1.44 bits per heavy atom. The van der Waals surface area contributed by atoms with Crippen molar-refractivity contribution in [3.05, 3.63) is 24.3 Å². The minimum absolute atomic E-state index is 0.0166. The monoisotopic (exact) mass is 221 g/mol. The Hall–Kier alpha value is -1.55. The van der Waals surface area contributed by atoms with Crippen molar-refractivity contribution in [2.24, 2.45) is 5.92 Å². The maximum Gasteiger partial charge on any atom is 0.230 e. The van der Waals surface area contributed by atoms with Crippen LogP contribution in [0.5, 0.6) is 5.75 Å². The molecule has 1 aliphatic rings. The fraction of sp³-hybridized carbons (Fsp3) is 0.417. The third kappa shape index (κ3) is 2.33. The fourth-order valence-corrected chi connectivity index (χ4v) is 1.86. The van der Waals surface area contributed by atoms with E-state index in [4.69, 9.17) is 9.84 Å². The van der Waals surface area contributed by atoms with Crippen LogP contribution in [-0.2, 0) is 9.53 Å². The lowest BCUT2D eigenvalue weighted by Gasteiger charge is -2.13. The van der Waals surface area contributed by atoms with Gasteiger partial charge >= 0.3 is 0 Å². The first-order valence-electron chi connectivity index (χ1n) is 5.38. The van der Waals surface area contributed by atoms with Gasteiger partial charge in [-0.25, -0.2) is 0 Å². The minimum atomic E-state index is -0.0752. The average molecular weight is 221 g/mol. The van der Waals surface area contributed by atoms with Crippen molar-refractivity contribution in [3.8, 4) is 5.75 Å². The smallest absolute Gasteiger partial charge is 0.230 e. The quantitative estimate of drug-likeness (QED) is 0.748. The van der Waals surface area contributed by atoms with E-state index in [9.17, 15) is 4.79 Å². The second-order valence-electron chi connectivity index (χ2n) is 4.01. The Morgan fingerprint density at radius 2 is 2.12 bits per heavy atom. The molecule has 0 bridgehead atoms. The summed E-state index contributed by atoms with van der Waals surface area (Å²) in [6, 6.07) is 6.44. The Balaban J connectivity index is 1.99. The Kier molecular flexibility index (Phi) is 3.10. The van der Waals surface area contributed by atoms with Crippen molar-refractivity contribution in [1.82, 2.24) is 0 Å². The molecule has 0 aliphatic carbocycles. The lowest BCUT2D eigenvalue weighted by Crippen LogP contribution is -2.27. The predicted octanol–water partition coefficient (Wildman–Crippen LogP) is 1.76. The van der Waals surface area contributed by atoms with Crippen LogP contribution in [0.4, 0.5) is 5.69 Å². The molecule has 1 heterocycles. The highest BCUT2D eigenvalue weighted by atomic mass is 16.5. The first kappa shape index (κ1) is 11.0. The number of hydrogen-bond acceptors (Lipinski definition) is 3. The van der Waals surface area contributed by atoms with E-state index in [1.807, 2.05) is 6.92 Å². The molecule has 2 rings (SSSR count). The first-order chi connectivity index (χ1) is 7.66. The lowest BCUT2D eigenvalue weighted by atomic mass is 10.0. The van der Waals surface area contributed by atoms with Gasteiger partial charge in [-0.15, -0.1) is 0 Å². The molecule has 0 radical (unpaired) electrons. The molecule has 2 N–H and O–H groups in total. The van der Waals surface area contributed by atoms with Crippen molar-refractivity contribution in [2.45, 2.75) is 19.4 Å². The number of hydrogen-bond donors (Lipinski definition) is 2. The fourth-order valence-electron chi connectivity index (χ4n) is 1.86. The van der Waals surface area contributed by atoms with Crippen LogP contribution in [0, 0.1) is 5.92 Å². The highest BCUT2D eigenvalue weighted by Crippen LogP contribution is 2.22. The third-order valence-electron chi connectivity index (χ3n) is 2.85. The van der Waals surface area contributed by atoms with Gasteiger partial charge < -0.3 is 15.2 Å². The topological polar surface area (TPSA) is 58.6 Å². The summed E-state index contributed by atoms with van der Waals surface area (Å²) in [4.78, 5) is 11.9. The number of aromatic hydroxyl groups is 1. The number of benzene rings is 1. The third-order valence-corrected chi connectivity index (χ3v) is 2.85. The van der Waals surface area contributed by atoms with Gasteiger partial charge in [0.05, 0.1) is 12.0 Å². The zero-order chi connectivity index (χ0) is 11.5. The zero-order valence-electron chi connectivity index (χ0n) is 9.14. The number of carbonyl (C=O) groups excluding carboxylic acids is 1. The maximum absolute atomic E-state index is 11.9. The lowest BCUT2D eigenvalue weighted by molar-refractivity contribution is -0.121. The second-order valence-corrected chi connectivity index (χ2v) is 4.01. The number of amides is 1. The molecule has 1 aromatic carbocycles. The van der Waals surface area contributed by atoms with Gasteiger partial charge in [-0.2, -0.15) is 0 Å². The normalized spacial score (nSPS) is 24.3. The summed E-state index contributed by atoms with van der Waals surface area (Å²) in [6.45, 7) is 2.56. The molecule has 4 nitrogen and oxygen atoms in total. The summed E-state index contributed by atoms with van der Waals surface area (Å²) in [5.41, 5.74) is 0.696. The molecular formula is C12H15NO3. The van der Waals surface area contributed by atoms with E-state index in [0.29, 0.717) is 12.3 Å². The molecule has 0 spiro atoms. The molecule has 1 fully saturated rings. The highest BCUT2D eigenvalue weighted by Gasteiger charge is 2.30. The standard InChI is InChI=1S/C12H15NO3/c1-8-11(6-7-16-8)12(15)13-9-2-4-10(14)5-3-9/h2-5,8,11,14H,6-7H2,1H3,(H,13,15). The first-order valence-corrected chi connectivity index (χ1v) is 5.38. The number of nitrogens with one attached hydrogen (secondary N) is 1. The molecule has 16 heavy (non-hydrogen) atoms. The molecule has 1 aromatic rings. The summed E-state index contributed by atoms with van der Waals surface area (Å²) in [5, 5.41) is 11.9. The van der Waals surface area contributed by atoms with Crippen LogP contribution in [0.15, 0.2) is 24.3 Å². The Morgan fingerprint density at radius 3 is 2.69 bits per heavy atom. The van der Waals surface area contributed by atoms with Gasteiger partial charge in [-0.05, 0) is 37.6 Å². The summed E-state index contributed by atoms with van der Waals surface area (Å²) in [5.74, 6) is 0.0973. The number of rotatable bonds is 2. The van der Waals surface area contributed by atoms with Crippen LogP contribution in [0.2, 0.25) is 0 Å². The second kappa shape index (κ2) is 4.53. The molecule has 2 unspecified atom stereocenters. The van der Waals surface area contributed by atoms with E-state index < -0.39 is 0 Å². The van der Waals surface area contributed by atoms with E-state index in [0.717, 1.165) is 6.42 Å².